The lowest BCUT2D eigenvalue weighted by Gasteiger charge is -2.16. The number of carbonyl (C=O) groups excluding carboxylic acids is 1. The molecular weight excluding hydrogens is 395 g/mol. The fraction of sp³-hybridized carbons (Fsp3) is 0.333. The third kappa shape index (κ3) is 4.18. The van der Waals surface area contributed by atoms with Crippen molar-refractivity contribution >= 4 is 45.1 Å². The summed E-state index contributed by atoms with van der Waals surface area (Å²) in [6, 6.07) is 1.30. The number of ether oxygens (including phenoxy) is 1. The number of fused-ring (bicyclic) bond motifs is 1. The Bertz CT molecular complexity index is 896. The number of aryl methyl sites for hydroxylation is 1. The van der Waals surface area contributed by atoms with E-state index in [1.807, 2.05) is 0 Å². The number of amides is 1. The maximum atomic E-state index is 12.3. The Balaban J connectivity index is 1.66. The van der Waals surface area contributed by atoms with E-state index in [2.05, 4.69) is 25.1 Å². The van der Waals surface area contributed by atoms with Crippen molar-refractivity contribution in [2.24, 2.45) is 0 Å². The van der Waals surface area contributed by atoms with Crippen LogP contribution in [0, 0.1) is 0 Å². The van der Waals surface area contributed by atoms with Crippen LogP contribution in [0.15, 0.2) is 17.2 Å². The number of sulfonamides is 1. The van der Waals surface area contributed by atoms with Gasteiger partial charge in [0.05, 0.1) is 19.3 Å². The Hall–Kier alpha value is -1.95. The number of carbonyl (C=O) groups is 1. The highest BCUT2D eigenvalue weighted by molar-refractivity contribution is 7.89. The Morgan fingerprint density at radius 1 is 1.32 bits per heavy atom. The van der Waals surface area contributed by atoms with E-state index in [1.54, 1.807) is 0 Å². The van der Waals surface area contributed by atoms with E-state index < -0.39 is 22.5 Å². The van der Waals surface area contributed by atoms with Crippen molar-refractivity contribution in [2.75, 3.05) is 18.5 Å². The van der Waals surface area contributed by atoms with Crippen molar-refractivity contribution in [1.29, 1.82) is 0 Å². The maximum absolute atomic E-state index is 12.3. The molecule has 0 fully saturated rings. The summed E-state index contributed by atoms with van der Waals surface area (Å²) in [6.07, 6.45) is 1.92. The zero-order valence-corrected chi connectivity index (χ0v) is 14.9. The lowest BCUT2D eigenvalue weighted by atomic mass is 10.4. The van der Waals surface area contributed by atoms with Crippen LogP contribution in [0.1, 0.15) is 6.42 Å². The number of nitrogens with one attached hydrogen (secondary N) is 2. The summed E-state index contributed by atoms with van der Waals surface area (Å²) in [6.45, 7) is 0.431. The molecule has 0 bridgehead atoms. The standard InChI is InChI=1S/C12H12Cl2N6O4S/c13-8-4-9(14)18-12(17-8)19-10(21)6-16-25(22,23)7-5-15-20-2-1-3-24-11(7)20/h4-5,16H,1-3,6H2,(H,17,18,19,21). The average molecular weight is 407 g/mol. The minimum atomic E-state index is -3.97. The van der Waals surface area contributed by atoms with Gasteiger partial charge in [-0.25, -0.2) is 27.8 Å². The Labute approximate surface area is 152 Å². The minimum Gasteiger partial charge on any atom is -0.477 e. The quantitative estimate of drug-likeness (QED) is 0.698. The summed E-state index contributed by atoms with van der Waals surface area (Å²) in [7, 11) is -3.97. The van der Waals surface area contributed by atoms with Crippen molar-refractivity contribution in [3.05, 3.63) is 22.6 Å². The molecule has 0 spiro atoms. The van der Waals surface area contributed by atoms with E-state index in [0.717, 1.165) is 6.42 Å². The zero-order valence-electron chi connectivity index (χ0n) is 12.6. The lowest BCUT2D eigenvalue weighted by Crippen LogP contribution is -2.33. The van der Waals surface area contributed by atoms with Crippen LogP contribution in [0.25, 0.3) is 0 Å². The number of anilines is 1. The van der Waals surface area contributed by atoms with Gasteiger partial charge in [0, 0.05) is 19.0 Å². The van der Waals surface area contributed by atoms with E-state index in [9.17, 15) is 13.2 Å². The van der Waals surface area contributed by atoms with E-state index in [4.69, 9.17) is 27.9 Å². The lowest BCUT2D eigenvalue weighted by molar-refractivity contribution is -0.115. The molecule has 0 unspecified atom stereocenters. The van der Waals surface area contributed by atoms with Crippen LogP contribution in [0.2, 0.25) is 10.3 Å². The van der Waals surface area contributed by atoms with E-state index in [0.29, 0.717) is 13.2 Å². The van der Waals surface area contributed by atoms with Crippen molar-refractivity contribution in [1.82, 2.24) is 24.5 Å². The SMILES string of the molecule is O=C(CNS(=O)(=O)c1cnn2c1OCCC2)Nc1nc(Cl)cc(Cl)n1. The molecule has 1 amide bonds. The molecule has 1 aliphatic rings. The first kappa shape index (κ1) is 17.9. The second-order valence-corrected chi connectivity index (χ2v) is 7.46. The molecule has 0 aromatic carbocycles. The molecule has 0 aliphatic carbocycles. The molecule has 10 nitrogen and oxygen atoms in total. The van der Waals surface area contributed by atoms with Crippen molar-refractivity contribution in [3.63, 3.8) is 0 Å². The van der Waals surface area contributed by atoms with E-state index in [-0.39, 0.29) is 27.0 Å². The predicted octanol–water partition coefficient (Wildman–Crippen LogP) is 0.679. The summed E-state index contributed by atoms with van der Waals surface area (Å²) in [5.74, 6) is -0.666. The fourth-order valence-electron chi connectivity index (χ4n) is 2.08. The summed E-state index contributed by atoms with van der Waals surface area (Å²) >= 11 is 11.4. The smallest absolute Gasteiger partial charge is 0.248 e. The number of nitrogens with zero attached hydrogens (tertiary/aromatic N) is 4. The van der Waals surface area contributed by atoms with Crippen LogP contribution in [0.4, 0.5) is 5.95 Å². The third-order valence-corrected chi connectivity index (χ3v) is 4.91. The fourth-order valence-corrected chi connectivity index (χ4v) is 3.56. The minimum absolute atomic E-state index is 0.0412. The van der Waals surface area contributed by atoms with Gasteiger partial charge in [-0.2, -0.15) is 5.10 Å². The molecule has 2 aromatic heterocycles. The molecule has 3 rings (SSSR count). The van der Waals surface area contributed by atoms with Gasteiger partial charge in [0.25, 0.3) is 0 Å². The van der Waals surface area contributed by atoms with Gasteiger partial charge in [0.15, 0.2) is 4.90 Å². The topological polar surface area (TPSA) is 128 Å². The first-order valence-corrected chi connectivity index (χ1v) is 9.27. The molecule has 0 radical (unpaired) electrons. The highest BCUT2D eigenvalue weighted by Gasteiger charge is 2.27. The van der Waals surface area contributed by atoms with Crippen LogP contribution < -0.4 is 14.8 Å². The van der Waals surface area contributed by atoms with Crippen molar-refractivity contribution < 1.29 is 17.9 Å². The van der Waals surface area contributed by atoms with Gasteiger partial charge in [-0.3, -0.25) is 10.1 Å². The van der Waals surface area contributed by atoms with E-state index in [1.165, 1.54) is 16.9 Å². The number of hydrogen-bond acceptors (Lipinski definition) is 7. The number of rotatable bonds is 5. The van der Waals surface area contributed by atoms with Crippen molar-refractivity contribution in [3.8, 4) is 5.88 Å². The second-order valence-electron chi connectivity index (χ2n) is 4.95. The van der Waals surface area contributed by atoms with Gasteiger partial charge in [-0.15, -0.1) is 0 Å². The van der Waals surface area contributed by atoms with Gasteiger partial charge >= 0.3 is 0 Å². The van der Waals surface area contributed by atoms with E-state index >= 15 is 0 Å². The summed E-state index contributed by atoms with van der Waals surface area (Å²) < 4.78 is 33.6. The molecule has 1 aliphatic heterocycles. The molecule has 0 atom stereocenters. The van der Waals surface area contributed by atoms with Gasteiger partial charge in [0.1, 0.15) is 10.3 Å². The van der Waals surface area contributed by atoms with Crippen LogP contribution >= 0.6 is 23.2 Å². The predicted molar refractivity (Wildman–Crippen MR) is 88.2 cm³/mol. The highest BCUT2D eigenvalue weighted by atomic mass is 35.5. The molecule has 0 saturated carbocycles. The van der Waals surface area contributed by atoms with Gasteiger partial charge in [-0.1, -0.05) is 23.2 Å². The Morgan fingerprint density at radius 2 is 2.04 bits per heavy atom. The molecule has 3 heterocycles. The molecule has 13 heteroatoms. The summed E-state index contributed by atoms with van der Waals surface area (Å²) in [4.78, 5) is 19.3. The molecular formula is C12H12Cl2N6O4S. The van der Waals surface area contributed by atoms with Crippen LogP contribution in [0.3, 0.4) is 0 Å². The highest BCUT2D eigenvalue weighted by Crippen LogP contribution is 2.26. The van der Waals surface area contributed by atoms with Crippen molar-refractivity contribution in [2.45, 2.75) is 17.9 Å². The summed E-state index contributed by atoms with van der Waals surface area (Å²) in [5, 5.41) is 6.34. The van der Waals surface area contributed by atoms with Gasteiger partial charge in [0.2, 0.25) is 27.8 Å². The van der Waals surface area contributed by atoms with Crippen LogP contribution in [-0.2, 0) is 21.4 Å². The molecule has 0 saturated heterocycles. The van der Waals surface area contributed by atoms with Crippen LogP contribution in [0.5, 0.6) is 5.88 Å². The number of aromatic nitrogens is 4. The molecule has 134 valence electrons. The van der Waals surface area contributed by atoms with Gasteiger partial charge in [-0.05, 0) is 0 Å². The second kappa shape index (κ2) is 7.12. The monoisotopic (exact) mass is 406 g/mol. The summed E-state index contributed by atoms with van der Waals surface area (Å²) in [5.41, 5.74) is 0. The Morgan fingerprint density at radius 3 is 2.76 bits per heavy atom. The third-order valence-electron chi connectivity index (χ3n) is 3.14. The number of hydrogen-bond donors (Lipinski definition) is 2. The maximum Gasteiger partial charge on any atom is 0.248 e. The number of halogens is 2. The molecule has 2 N–H and O–H groups in total. The zero-order chi connectivity index (χ0) is 18.0. The molecule has 2 aromatic rings. The molecule has 25 heavy (non-hydrogen) atoms. The largest absolute Gasteiger partial charge is 0.477 e. The first-order valence-electron chi connectivity index (χ1n) is 7.03. The Kier molecular flexibility index (Phi) is 5.08. The van der Waals surface area contributed by atoms with Gasteiger partial charge < -0.3 is 4.74 Å². The normalized spacial score (nSPS) is 13.8. The first-order chi connectivity index (χ1) is 11.8. The van der Waals surface area contributed by atoms with Crippen LogP contribution in [-0.4, -0.2) is 47.2 Å². The average Bonchev–Trinajstić information content (AvgIpc) is 2.97.